The topological polar surface area (TPSA) is 26.3 Å². The van der Waals surface area contributed by atoms with Crippen molar-refractivity contribution in [2.75, 3.05) is 0 Å². The molecule has 3 heteroatoms. The molecule has 0 radical (unpaired) electrons. The minimum absolute atomic E-state index is 0.0363. The molecule has 1 aliphatic carbocycles. The molecule has 0 saturated heterocycles. The van der Waals surface area contributed by atoms with E-state index in [0.717, 1.165) is 0 Å². The first-order valence-corrected chi connectivity index (χ1v) is 3.80. The fourth-order valence-electron chi connectivity index (χ4n) is 1.17. The van der Waals surface area contributed by atoms with Crippen LogP contribution in [-0.2, 0) is 9.74 Å². The Labute approximate surface area is 70.6 Å². The molecule has 0 fully saturated rings. The second kappa shape index (κ2) is 3.09. The van der Waals surface area contributed by atoms with E-state index in [1.54, 1.807) is 19.1 Å². The Hall–Kier alpha value is -1.12. The predicted octanol–water partition coefficient (Wildman–Crippen LogP) is 2.18. The molecule has 0 spiro atoms. The van der Waals surface area contributed by atoms with Crippen LogP contribution in [-0.4, -0.2) is 5.97 Å². The standard InChI is InChI=1S/C9H11FO2/c1-7-5-3-4-6-9(7,2)8(11)12-10/h3-7H,1-2H3. The van der Waals surface area contributed by atoms with Gasteiger partial charge >= 0.3 is 5.97 Å². The molecule has 0 amide bonds. The molecule has 2 unspecified atom stereocenters. The average Bonchev–Trinajstić information content (AvgIpc) is 2.09. The molecule has 0 heterocycles. The molecule has 0 N–H and O–H groups in total. The van der Waals surface area contributed by atoms with Crippen molar-refractivity contribution < 1.29 is 14.3 Å². The number of rotatable bonds is 1. The highest BCUT2D eigenvalue weighted by molar-refractivity contribution is 5.79. The molecule has 0 saturated carbocycles. The summed E-state index contributed by atoms with van der Waals surface area (Å²) in [6, 6.07) is 0. The Morgan fingerprint density at radius 3 is 2.75 bits per heavy atom. The van der Waals surface area contributed by atoms with E-state index in [4.69, 9.17) is 0 Å². The number of halogens is 1. The number of allylic oxidation sites excluding steroid dienone is 3. The smallest absolute Gasteiger partial charge is 0.254 e. The van der Waals surface area contributed by atoms with Gasteiger partial charge in [-0.1, -0.05) is 31.2 Å². The maximum atomic E-state index is 11.7. The maximum absolute atomic E-state index is 11.7. The van der Waals surface area contributed by atoms with Gasteiger partial charge in [-0.15, -0.1) is 0 Å². The Morgan fingerprint density at radius 2 is 2.25 bits per heavy atom. The molecule has 0 aromatic heterocycles. The Balaban J connectivity index is 2.90. The third kappa shape index (κ3) is 1.26. The van der Waals surface area contributed by atoms with Crippen molar-refractivity contribution in [3.8, 4) is 0 Å². The number of carbonyl (C=O) groups is 1. The summed E-state index contributed by atoms with van der Waals surface area (Å²) in [6.07, 6.45) is 7.05. The summed E-state index contributed by atoms with van der Waals surface area (Å²) in [5, 5.41) is 0. The van der Waals surface area contributed by atoms with Crippen molar-refractivity contribution in [1.82, 2.24) is 0 Å². The van der Waals surface area contributed by atoms with Gasteiger partial charge in [0.05, 0.1) is 5.41 Å². The summed E-state index contributed by atoms with van der Waals surface area (Å²) in [5.74, 6) is -0.874. The van der Waals surface area contributed by atoms with Crippen LogP contribution in [0.2, 0.25) is 0 Å². The fraction of sp³-hybridized carbons (Fsp3) is 0.444. The molecular formula is C9H11FO2. The number of hydrogen-bond donors (Lipinski definition) is 0. The van der Waals surface area contributed by atoms with Crippen LogP contribution >= 0.6 is 0 Å². The highest BCUT2D eigenvalue weighted by atomic mass is 19.3. The van der Waals surface area contributed by atoms with Crippen LogP contribution in [0.25, 0.3) is 0 Å². The minimum atomic E-state index is -0.858. The summed E-state index contributed by atoms with van der Waals surface area (Å²) in [4.78, 5) is 14.3. The summed E-state index contributed by atoms with van der Waals surface area (Å²) in [6.45, 7) is 3.50. The average molecular weight is 170 g/mol. The van der Waals surface area contributed by atoms with Crippen LogP contribution in [0.15, 0.2) is 24.3 Å². The molecule has 0 aromatic carbocycles. The number of carbonyl (C=O) groups excluding carboxylic acids is 1. The lowest BCUT2D eigenvalue weighted by atomic mass is 9.75. The maximum Gasteiger partial charge on any atom is 0.358 e. The van der Waals surface area contributed by atoms with Crippen molar-refractivity contribution in [3.63, 3.8) is 0 Å². The number of hydrogen-bond acceptors (Lipinski definition) is 2. The van der Waals surface area contributed by atoms with Gasteiger partial charge in [0.2, 0.25) is 0 Å². The van der Waals surface area contributed by atoms with E-state index in [1.807, 2.05) is 19.1 Å². The second-order valence-corrected chi connectivity index (χ2v) is 3.18. The Morgan fingerprint density at radius 1 is 1.58 bits per heavy atom. The molecule has 2 atom stereocenters. The molecule has 1 rings (SSSR count). The van der Waals surface area contributed by atoms with Gasteiger partial charge < -0.3 is 0 Å². The first kappa shape index (κ1) is 8.97. The molecule has 0 aromatic rings. The van der Waals surface area contributed by atoms with Crippen LogP contribution in [0, 0.1) is 11.3 Å². The second-order valence-electron chi connectivity index (χ2n) is 3.18. The van der Waals surface area contributed by atoms with Crippen LogP contribution in [0.5, 0.6) is 0 Å². The van der Waals surface area contributed by atoms with Gasteiger partial charge in [-0.3, -0.25) is 4.94 Å². The van der Waals surface area contributed by atoms with E-state index >= 15 is 0 Å². The summed E-state index contributed by atoms with van der Waals surface area (Å²) in [5.41, 5.74) is -0.858. The zero-order valence-corrected chi connectivity index (χ0v) is 7.08. The molecule has 0 aliphatic heterocycles. The highest BCUT2D eigenvalue weighted by Crippen LogP contribution is 2.34. The van der Waals surface area contributed by atoms with Crippen molar-refractivity contribution >= 4 is 5.97 Å². The molecule has 0 bridgehead atoms. The molecule has 12 heavy (non-hydrogen) atoms. The van der Waals surface area contributed by atoms with Crippen molar-refractivity contribution in [1.29, 1.82) is 0 Å². The lowest BCUT2D eigenvalue weighted by molar-refractivity contribution is -0.194. The largest absolute Gasteiger partial charge is 0.358 e. The van der Waals surface area contributed by atoms with Crippen LogP contribution < -0.4 is 0 Å². The van der Waals surface area contributed by atoms with Crippen molar-refractivity contribution in [2.24, 2.45) is 11.3 Å². The molecule has 66 valence electrons. The van der Waals surface area contributed by atoms with E-state index < -0.39 is 11.4 Å². The van der Waals surface area contributed by atoms with E-state index in [2.05, 4.69) is 4.94 Å². The molecule has 2 nitrogen and oxygen atoms in total. The first-order chi connectivity index (χ1) is 5.61. The van der Waals surface area contributed by atoms with Crippen molar-refractivity contribution in [3.05, 3.63) is 24.3 Å². The van der Waals surface area contributed by atoms with E-state index in [-0.39, 0.29) is 5.92 Å². The zero-order valence-electron chi connectivity index (χ0n) is 7.08. The van der Waals surface area contributed by atoms with Crippen LogP contribution in [0.4, 0.5) is 4.53 Å². The summed E-state index contributed by atoms with van der Waals surface area (Å²) >= 11 is 0. The minimum Gasteiger partial charge on any atom is -0.254 e. The third-order valence-electron chi connectivity index (χ3n) is 2.41. The first-order valence-electron chi connectivity index (χ1n) is 3.80. The lowest BCUT2D eigenvalue weighted by Crippen LogP contribution is -2.33. The van der Waals surface area contributed by atoms with Gasteiger partial charge in [0, 0.05) is 4.53 Å². The van der Waals surface area contributed by atoms with Gasteiger partial charge in [-0.2, -0.15) is 0 Å². The monoisotopic (exact) mass is 170 g/mol. The summed E-state index contributed by atoms with van der Waals surface area (Å²) < 4.78 is 11.7. The third-order valence-corrected chi connectivity index (χ3v) is 2.41. The zero-order chi connectivity index (χ0) is 9.19. The SMILES string of the molecule is CC1C=CC=CC1(C)C(=O)OF. The van der Waals surface area contributed by atoms with Gasteiger partial charge in [-0.05, 0) is 12.8 Å². The van der Waals surface area contributed by atoms with Crippen LogP contribution in [0.3, 0.4) is 0 Å². The lowest BCUT2D eigenvalue weighted by Gasteiger charge is -2.27. The van der Waals surface area contributed by atoms with Crippen molar-refractivity contribution in [2.45, 2.75) is 13.8 Å². The fourth-order valence-corrected chi connectivity index (χ4v) is 1.17. The predicted molar refractivity (Wildman–Crippen MR) is 42.8 cm³/mol. The highest BCUT2D eigenvalue weighted by Gasteiger charge is 2.38. The van der Waals surface area contributed by atoms with E-state index in [1.165, 1.54) is 0 Å². The quantitative estimate of drug-likeness (QED) is 0.603. The van der Waals surface area contributed by atoms with E-state index in [9.17, 15) is 9.32 Å². The van der Waals surface area contributed by atoms with E-state index in [0.29, 0.717) is 0 Å². The summed E-state index contributed by atoms with van der Waals surface area (Å²) in [7, 11) is 0. The van der Waals surface area contributed by atoms with Gasteiger partial charge in [0.25, 0.3) is 0 Å². The molecule has 1 aliphatic rings. The van der Waals surface area contributed by atoms with Gasteiger partial charge in [0.1, 0.15) is 0 Å². The molecular weight excluding hydrogens is 159 g/mol. The Kier molecular flexibility index (Phi) is 2.31. The Bertz CT molecular complexity index is 245. The van der Waals surface area contributed by atoms with Gasteiger partial charge in [0.15, 0.2) is 0 Å². The normalized spacial score (nSPS) is 33.4. The van der Waals surface area contributed by atoms with Crippen LogP contribution in [0.1, 0.15) is 13.8 Å². The van der Waals surface area contributed by atoms with Gasteiger partial charge in [-0.25, -0.2) is 4.79 Å².